The van der Waals surface area contributed by atoms with Crippen molar-refractivity contribution in [1.29, 1.82) is 0 Å². The fourth-order valence-electron chi connectivity index (χ4n) is 1.45. The van der Waals surface area contributed by atoms with Crippen molar-refractivity contribution < 1.29 is 4.79 Å². The number of rotatable bonds is 4. The van der Waals surface area contributed by atoms with Gasteiger partial charge in [-0.3, -0.25) is 4.79 Å². The van der Waals surface area contributed by atoms with Gasteiger partial charge < -0.3 is 4.90 Å². The second kappa shape index (κ2) is 6.16. The summed E-state index contributed by atoms with van der Waals surface area (Å²) in [7, 11) is 1.81. The number of halogens is 1. The summed E-state index contributed by atoms with van der Waals surface area (Å²) >= 11 is 9.88. The van der Waals surface area contributed by atoms with E-state index in [0.29, 0.717) is 17.2 Å². The molecule has 0 spiro atoms. The molecule has 2 nitrogen and oxygen atoms in total. The van der Waals surface area contributed by atoms with Crippen LogP contribution in [0.2, 0.25) is 5.02 Å². The van der Waals surface area contributed by atoms with Crippen LogP contribution in [0.3, 0.4) is 0 Å². The largest absolute Gasteiger partial charge is 0.339 e. The lowest BCUT2D eigenvalue weighted by Gasteiger charge is -2.25. The van der Waals surface area contributed by atoms with Crippen LogP contribution in [0.4, 0.5) is 0 Å². The second-order valence-corrected chi connectivity index (χ2v) is 4.59. The van der Waals surface area contributed by atoms with Crippen molar-refractivity contribution in [2.75, 3.05) is 12.8 Å². The molecular weight excluding hydrogens is 242 g/mol. The van der Waals surface area contributed by atoms with Gasteiger partial charge in [0.05, 0.1) is 6.04 Å². The fraction of sp³-hybridized carbons (Fsp3) is 0.417. The van der Waals surface area contributed by atoms with E-state index in [-0.39, 0.29) is 11.9 Å². The van der Waals surface area contributed by atoms with Crippen LogP contribution in [0, 0.1) is 0 Å². The summed E-state index contributed by atoms with van der Waals surface area (Å²) in [5.41, 5.74) is 1.08. The van der Waals surface area contributed by atoms with Crippen molar-refractivity contribution in [2.24, 2.45) is 0 Å². The summed E-state index contributed by atoms with van der Waals surface area (Å²) in [5, 5.41) is 0.709. The maximum Gasteiger partial charge on any atom is 0.223 e. The molecule has 0 aromatic heterocycles. The molecule has 88 valence electrons. The summed E-state index contributed by atoms with van der Waals surface area (Å²) in [6.07, 6.45) is 0.470. The normalized spacial score (nSPS) is 12.2. The summed E-state index contributed by atoms with van der Waals surface area (Å²) in [5.74, 6) is 0.689. The van der Waals surface area contributed by atoms with Gasteiger partial charge in [0.1, 0.15) is 0 Å². The minimum atomic E-state index is 0.0599. The molecule has 0 N–H and O–H groups in total. The molecule has 16 heavy (non-hydrogen) atoms. The summed E-state index contributed by atoms with van der Waals surface area (Å²) in [6.45, 7) is 2.00. The monoisotopic (exact) mass is 257 g/mol. The van der Waals surface area contributed by atoms with Gasteiger partial charge in [-0.15, -0.1) is 0 Å². The van der Waals surface area contributed by atoms with Gasteiger partial charge in [-0.1, -0.05) is 23.7 Å². The first-order valence-electron chi connectivity index (χ1n) is 5.18. The molecule has 0 aliphatic heterocycles. The van der Waals surface area contributed by atoms with Crippen molar-refractivity contribution in [3.8, 4) is 0 Å². The first kappa shape index (κ1) is 13.4. The van der Waals surface area contributed by atoms with E-state index >= 15 is 0 Å². The number of thiol groups is 1. The summed E-state index contributed by atoms with van der Waals surface area (Å²) in [6, 6.07) is 7.62. The number of benzene rings is 1. The van der Waals surface area contributed by atoms with Gasteiger partial charge in [0.15, 0.2) is 0 Å². The Morgan fingerprint density at radius 2 is 2.00 bits per heavy atom. The lowest BCUT2D eigenvalue weighted by Crippen LogP contribution is -2.29. The van der Waals surface area contributed by atoms with Crippen molar-refractivity contribution in [2.45, 2.75) is 19.4 Å². The third kappa shape index (κ3) is 3.42. The molecule has 0 bridgehead atoms. The predicted octanol–water partition coefficient (Wildman–Crippen LogP) is 3.18. The molecule has 1 atom stereocenters. The highest BCUT2D eigenvalue weighted by molar-refractivity contribution is 7.80. The van der Waals surface area contributed by atoms with E-state index in [0.717, 1.165) is 5.56 Å². The highest BCUT2D eigenvalue weighted by Gasteiger charge is 2.16. The Labute approximate surface area is 107 Å². The van der Waals surface area contributed by atoms with Crippen LogP contribution >= 0.6 is 24.2 Å². The summed E-state index contributed by atoms with van der Waals surface area (Å²) < 4.78 is 0. The van der Waals surface area contributed by atoms with Gasteiger partial charge in [0, 0.05) is 18.5 Å². The zero-order valence-electron chi connectivity index (χ0n) is 9.48. The minimum Gasteiger partial charge on any atom is -0.339 e. The fourth-order valence-corrected chi connectivity index (χ4v) is 1.77. The Bertz CT molecular complexity index is 353. The number of nitrogens with zero attached hydrogens (tertiary/aromatic N) is 1. The predicted molar refractivity (Wildman–Crippen MR) is 71.1 cm³/mol. The Kier molecular flexibility index (Phi) is 5.16. The van der Waals surface area contributed by atoms with Crippen molar-refractivity contribution in [3.05, 3.63) is 34.9 Å². The molecule has 0 radical (unpaired) electrons. The smallest absolute Gasteiger partial charge is 0.223 e. The molecule has 0 aliphatic rings. The Balaban J connectivity index is 2.73. The van der Waals surface area contributed by atoms with E-state index in [2.05, 4.69) is 12.6 Å². The molecule has 1 aromatic rings. The van der Waals surface area contributed by atoms with E-state index in [4.69, 9.17) is 11.6 Å². The molecule has 0 fully saturated rings. The first-order valence-corrected chi connectivity index (χ1v) is 6.19. The van der Waals surface area contributed by atoms with Gasteiger partial charge >= 0.3 is 0 Å². The Morgan fingerprint density at radius 1 is 1.44 bits per heavy atom. The third-order valence-corrected chi connectivity index (χ3v) is 3.13. The van der Waals surface area contributed by atoms with E-state index in [1.54, 1.807) is 4.90 Å². The standard InChI is InChI=1S/C12H16ClNOS/c1-9(14(2)12(15)7-8-16)10-3-5-11(13)6-4-10/h3-6,9,16H,7-8H2,1-2H3. The molecule has 1 aromatic carbocycles. The quantitative estimate of drug-likeness (QED) is 0.822. The van der Waals surface area contributed by atoms with Crippen molar-refractivity contribution in [1.82, 2.24) is 4.90 Å². The Morgan fingerprint density at radius 3 is 2.50 bits per heavy atom. The first-order chi connectivity index (χ1) is 7.56. The number of hydrogen-bond acceptors (Lipinski definition) is 2. The molecule has 0 heterocycles. The van der Waals surface area contributed by atoms with Crippen LogP contribution in [0.15, 0.2) is 24.3 Å². The Hall–Kier alpha value is -0.670. The molecule has 0 saturated heterocycles. The highest BCUT2D eigenvalue weighted by atomic mass is 35.5. The van der Waals surface area contributed by atoms with E-state index in [1.165, 1.54) is 0 Å². The zero-order chi connectivity index (χ0) is 12.1. The molecule has 0 aliphatic carbocycles. The SMILES string of the molecule is CC(c1ccc(Cl)cc1)N(C)C(=O)CCS. The van der Waals surface area contributed by atoms with Gasteiger partial charge in [-0.25, -0.2) is 0 Å². The van der Waals surface area contributed by atoms with E-state index in [9.17, 15) is 4.79 Å². The van der Waals surface area contributed by atoms with Crippen molar-refractivity contribution in [3.63, 3.8) is 0 Å². The van der Waals surface area contributed by atoms with Gasteiger partial charge in [0.2, 0.25) is 5.91 Å². The number of carbonyl (C=O) groups is 1. The maximum atomic E-state index is 11.7. The molecule has 1 unspecified atom stereocenters. The number of hydrogen-bond donors (Lipinski definition) is 1. The number of amides is 1. The van der Waals surface area contributed by atoms with Gasteiger partial charge in [-0.05, 0) is 30.4 Å². The topological polar surface area (TPSA) is 20.3 Å². The van der Waals surface area contributed by atoms with Crippen LogP contribution in [0.25, 0.3) is 0 Å². The van der Waals surface area contributed by atoms with Crippen LogP contribution in [-0.4, -0.2) is 23.6 Å². The molecule has 0 saturated carbocycles. The van der Waals surface area contributed by atoms with Gasteiger partial charge in [0.25, 0.3) is 0 Å². The highest BCUT2D eigenvalue weighted by Crippen LogP contribution is 2.21. The van der Waals surface area contributed by atoms with Crippen LogP contribution in [-0.2, 0) is 4.79 Å². The maximum absolute atomic E-state index is 11.7. The molecule has 1 rings (SSSR count). The zero-order valence-corrected chi connectivity index (χ0v) is 11.1. The van der Waals surface area contributed by atoms with Crippen LogP contribution in [0.1, 0.15) is 24.9 Å². The summed E-state index contributed by atoms with van der Waals surface area (Å²) in [4.78, 5) is 13.4. The van der Waals surface area contributed by atoms with Gasteiger partial charge in [-0.2, -0.15) is 12.6 Å². The van der Waals surface area contributed by atoms with Crippen molar-refractivity contribution >= 4 is 30.1 Å². The lowest BCUT2D eigenvalue weighted by molar-refractivity contribution is -0.131. The van der Waals surface area contributed by atoms with E-state index < -0.39 is 0 Å². The average Bonchev–Trinajstić information content (AvgIpc) is 2.28. The average molecular weight is 258 g/mol. The third-order valence-electron chi connectivity index (χ3n) is 2.65. The van der Waals surface area contributed by atoms with Crippen LogP contribution in [0.5, 0.6) is 0 Å². The lowest BCUT2D eigenvalue weighted by atomic mass is 10.1. The molecule has 1 amide bonds. The van der Waals surface area contributed by atoms with E-state index in [1.807, 2.05) is 38.2 Å². The minimum absolute atomic E-state index is 0.0599. The number of carbonyl (C=O) groups excluding carboxylic acids is 1. The molecule has 4 heteroatoms. The second-order valence-electron chi connectivity index (χ2n) is 3.71. The van der Waals surface area contributed by atoms with Crippen LogP contribution < -0.4 is 0 Å². The molecular formula is C12H16ClNOS.